The lowest BCUT2D eigenvalue weighted by Crippen LogP contribution is -2.47. The van der Waals surface area contributed by atoms with E-state index in [1.807, 2.05) is 7.05 Å². The summed E-state index contributed by atoms with van der Waals surface area (Å²) in [6.07, 6.45) is 0. The second-order valence-corrected chi connectivity index (χ2v) is 6.58. The van der Waals surface area contributed by atoms with Gasteiger partial charge in [0.05, 0.1) is 5.02 Å². The molecule has 2 rings (SSSR count). The Balaban J connectivity index is 2.37. The molecule has 5 nitrogen and oxygen atoms in total. The molecule has 0 unspecified atom stereocenters. The minimum absolute atomic E-state index is 0.0499. The molecule has 0 spiro atoms. The van der Waals surface area contributed by atoms with Gasteiger partial charge in [-0.2, -0.15) is 4.31 Å². The van der Waals surface area contributed by atoms with Crippen LogP contribution in [0.25, 0.3) is 0 Å². The molecular weight excluding hydrogens is 276 g/mol. The molecule has 7 heteroatoms. The van der Waals surface area contributed by atoms with Crippen LogP contribution in [0.4, 0.5) is 0 Å². The molecule has 1 heterocycles. The lowest BCUT2D eigenvalue weighted by molar-refractivity contribution is 0.222. The smallest absolute Gasteiger partial charge is 0.248 e. The molecule has 1 aromatic carbocycles. The van der Waals surface area contributed by atoms with Crippen molar-refractivity contribution in [3.05, 3.63) is 23.2 Å². The Morgan fingerprint density at radius 3 is 2.39 bits per heavy atom. The maximum Gasteiger partial charge on any atom is 0.248 e. The molecule has 1 N–H and O–H groups in total. The number of aromatic hydroxyl groups is 1. The van der Waals surface area contributed by atoms with Crippen LogP contribution in [0.1, 0.15) is 0 Å². The van der Waals surface area contributed by atoms with Gasteiger partial charge < -0.3 is 10.0 Å². The van der Waals surface area contributed by atoms with Gasteiger partial charge in [0.15, 0.2) is 0 Å². The average Bonchev–Trinajstić information content (AvgIpc) is 2.29. The molecule has 0 amide bonds. The van der Waals surface area contributed by atoms with Crippen LogP contribution in [0.2, 0.25) is 5.02 Å². The Morgan fingerprint density at radius 2 is 1.83 bits per heavy atom. The number of phenols is 1. The highest BCUT2D eigenvalue weighted by Gasteiger charge is 2.31. The van der Waals surface area contributed by atoms with Crippen LogP contribution in [0.15, 0.2) is 23.1 Å². The normalized spacial score (nSPS) is 19.0. The molecule has 1 fully saturated rings. The third-order valence-corrected chi connectivity index (χ3v) is 5.42. The topological polar surface area (TPSA) is 60.9 Å². The zero-order valence-electron chi connectivity index (χ0n) is 10.0. The highest BCUT2D eigenvalue weighted by atomic mass is 35.5. The van der Waals surface area contributed by atoms with E-state index in [1.54, 1.807) is 0 Å². The zero-order valence-corrected chi connectivity index (χ0v) is 11.6. The quantitative estimate of drug-likeness (QED) is 0.882. The summed E-state index contributed by atoms with van der Waals surface area (Å²) in [4.78, 5) is 1.86. The molecule has 0 bridgehead atoms. The molecule has 1 aliphatic heterocycles. The summed E-state index contributed by atoms with van der Waals surface area (Å²) in [6, 6.07) is 4.31. The first-order valence-electron chi connectivity index (χ1n) is 5.59. The molecule has 18 heavy (non-hydrogen) atoms. The fraction of sp³-hybridized carbons (Fsp3) is 0.455. The molecule has 1 aromatic rings. The van der Waals surface area contributed by atoms with Gasteiger partial charge in [0.25, 0.3) is 0 Å². The van der Waals surface area contributed by atoms with Gasteiger partial charge >= 0.3 is 0 Å². The van der Waals surface area contributed by atoms with Gasteiger partial charge in [-0.15, -0.1) is 0 Å². The lowest BCUT2D eigenvalue weighted by Gasteiger charge is -2.31. The van der Waals surface area contributed by atoms with E-state index >= 15 is 0 Å². The fourth-order valence-corrected chi connectivity index (χ4v) is 3.92. The second-order valence-electron chi connectivity index (χ2n) is 4.30. The molecule has 100 valence electrons. The number of sulfonamides is 1. The summed E-state index contributed by atoms with van der Waals surface area (Å²) in [6.45, 7) is 2.15. The standard InChI is InChI=1S/C11H15ClN2O3S/c1-13-5-7-14(8-6-13)18(16,17)11-9(12)3-2-4-10(11)15/h2-4,15H,5-8H2,1H3. The third-order valence-electron chi connectivity index (χ3n) is 3.01. The van der Waals surface area contributed by atoms with Crippen LogP contribution < -0.4 is 0 Å². The lowest BCUT2D eigenvalue weighted by atomic mass is 10.3. The van der Waals surface area contributed by atoms with Crippen LogP contribution in [0.3, 0.4) is 0 Å². The molecule has 0 aromatic heterocycles. The second kappa shape index (κ2) is 5.05. The van der Waals surface area contributed by atoms with Gasteiger partial charge in [-0.05, 0) is 19.2 Å². The first-order chi connectivity index (χ1) is 8.43. The van der Waals surface area contributed by atoms with Crippen molar-refractivity contribution >= 4 is 21.6 Å². The number of phenolic OH excluding ortho intramolecular Hbond substituents is 1. The molecule has 0 radical (unpaired) electrons. The van der Waals surface area contributed by atoms with Gasteiger partial charge in [-0.3, -0.25) is 0 Å². The predicted octanol–water partition coefficient (Wildman–Crippen LogP) is 0.982. The Morgan fingerprint density at radius 1 is 1.22 bits per heavy atom. The van der Waals surface area contributed by atoms with Crippen molar-refractivity contribution in [1.29, 1.82) is 0 Å². The van der Waals surface area contributed by atoms with Crippen molar-refractivity contribution in [2.75, 3.05) is 33.2 Å². The highest BCUT2D eigenvalue weighted by molar-refractivity contribution is 7.89. The van der Waals surface area contributed by atoms with Gasteiger partial charge in [-0.25, -0.2) is 8.42 Å². The van der Waals surface area contributed by atoms with Crippen LogP contribution in [0.5, 0.6) is 5.75 Å². The fourth-order valence-electron chi connectivity index (χ4n) is 1.91. The SMILES string of the molecule is CN1CCN(S(=O)(=O)c2c(O)cccc2Cl)CC1. The zero-order chi connectivity index (χ0) is 13.3. The van der Waals surface area contributed by atoms with E-state index in [0.29, 0.717) is 26.2 Å². The molecule has 0 atom stereocenters. The van der Waals surface area contributed by atoms with Crippen molar-refractivity contribution in [3.8, 4) is 5.75 Å². The third kappa shape index (κ3) is 2.47. The van der Waals surface area contributed by atoms with Crippen molar-refractivity contribution in [3.63, 3.8) is 0 Å². The Hall–Kier alpha value is -0.820. The van der Waals surface area contributed by atoms with Crippen LogP contribution >= 0.6 is 11.6 Å². The summed E-state index contributed by atoms with van der Waals surface area (Å²) in [5.74, 6) is -0.304. The van der Waals surface area contributed by atoms with Crippen molar-refractivity contribution < 1.29 is 13.5 Å². The summed E-state index contributed by atoms with van der Waals surface area (Å²) in [5, 5.41) is 9.76. The summed E-state index contributed by atoms with van der Waals surface area (Å²) in [7, 11) is -1.78. The highest BCUT2D eigenvalue weighted by Crippen LogP contribution is 2.32. The van der Waals surface area contributed by atoms with Gasteiger partial charge in [0, 0.05) is 26.2 Å². The van der Waals surface area contributed by atoms with E-state index in [9.17, 15) is 13.5 Å². The maximum atomic E-state index is 12.4. The number of rotatable bonds is 2. The maximum absolute atomic E-state index is 12.4. The van der Waals surface area contributed by atoms with E-state index in [0.717, 1.165) is 0 Å². The van der Waals surface area contributed by atoms with Crippen molar-refractivity contribution in [2.45, 2.75) is 4.90 Å². The number of hydrogen-bond donors (Lipinski definition) is 1. The van der Waals surface area contributed by atoms with Crippen LogP contribution in [0, 0.1) is 0 Å². The number of hydrogen-bond acceptors (Lipinski definition) is 4. The Bertz CT molecular complexity index is 519. The number of likely N-dealkylation sites (N-methyl/N-ethyl adjacent to an activating group) is 1. The molecular formula is C11H15ClN2O3S. The Labute approximate surface area is 112 Å². The summed E-state index contributed by atoms with van der Waals surface area (Å²) >= 11 is 5.89. The monoisotopic (exact) mass is 290 g/mol. The summed E-state index contributed by atoms with van der Waals surface area (Å²) < 4.78 is 26.2. The van der Waals surface area contributed by atoms with Crippen LogP contribution in [-0.4, -0.2) is 56.0 Å². The average molecular weight is 291 g/mol. The number of benzene rings is 1. The largest absolute Gasteiger partial charge is 0.506 e. The molecule has 1 saturated heterocycles. The predicted molar refractivity (Wildman–Crippen MR) is 69.4 cm³/mol. The van der Waals surface area contributed by atoms with Gasteiger partial charge in [0.1, 0.15) is 10.6 Å². The van der Waals surface area contributed by atoms with E-state index < -0.39 is 10.0 Å². The number of nitrogens with zero attached hydrogens (tertiary/aromatic N) is 2. The molecule has 0 saturated carbocycles. The van der Waals surface area contributed by atoms with E-state index in [2.05, 4.69) is 4.90 Å². The molecule has 1 aliphatic rings. The number of halogens is 1. The van der Waals surface area contributed by atoms with E-state index in [4.69, 9.17) is 11.6 Å². The van der Waals surface area contributed by atoms with E-state index in [-0.39, 0.29) is 15.7 Å². The Kier molecular flexibility index (Phi) is 3.82. The van der Waals surface area contributed by atoms with Gasteiger partial charge in [0.2, 0.25) is 10.0 Å². The minimum Gasteiger partial charge on any atom is -0.506 e. The van der Waals surface area contributed by atoms with Crippen LogP contribution in [-0.2, 0) is 10.0 Å². The first-order valence-corrected chi connectivity index (χ1v) is 7.41. The number of piperazine rings is 1. The first kappa shape index (κ1) is 13.6. The van der Waals surface area contributed by atoms with E-state index in [1.165, 1.54) is 22.5 Å². The molecule has 0 aliphatic carbocycles. The minimum atomic E-state index is -3.72. The van der Waals surface area contributed by atoms with Crippen molar-refractivity contribution in [2.24, 2.45) is 0 Å². The summed E-state index contributed by atoms with van der Waals surface area (Å²) in [5.41, 5.74) is 0. The van der Waals surface area contributed by atoms with Crippen molar-refractivity contribution in [1.82, 2.24) is 9.21 Å². The van der Waals surface area contributed by atoms with Gasteiger partial charge in [-0.1, -0.05) is 17.7 Å².